The van der Waals surface area contributed by atoms with E-state index in [1.165, 1.54) is 39.1 Å². The molecule has 0 aromatic carbocycles. The van der Waals surface area contributed by atoms with Crippen LogP contribution in [0, 0.1) is 17.2 Å². The predicted octanol–water partition coefficient (Wildman–Crippen LogP) is 1.29. The molecule has 0 aromatic heterocycles. The molecule has 4 heteroatoms. The third-order valence-electron chi connectivity index (χ3n) is 4.73. The molecule has 2 aliphatic rings. The Morgan fingerprint density at radius 2 is 2.00 bits per heavy atom. The summed E-state index contributed by atoms with van der Waals surface area (Å²) in [5.74, 6) is 0.758. The largest absolute Gasteiger partial charge is 0.302 e. The molecule has 0 spiro atoms. The van der Waals surface area contributed by atoms with Gasteiger partial charge in [0.15, 0.2) is 0 Å². The van der Waals surface area contributed by atoms with Crippen molar-refractivity contribution in [2.75, 3.05) is 39.8 Å². The highest BCUT2D eigenvalue weighted by molar-refractivity contribution is 5.13. The number of hydrogen-bond donors (Lipinski definition) is 1. The number of hydrogen-bond acceptors (Lipinski definition) is 4. The van der Waals surface area contributed by atoms with Crippen LogP contribution in [0.15, 0.2) is 0 Å². The lowest BCUT2D eigenvalue weighted by Crippen LogP contribution is -2.51. The van der Waals surface area contributed by atoms with Gasteiger partial charge in [-0.25, -0.2) is 0 Å². The summed E-state index contributed by atoms with van der Waals surface area (Å²) in [4.78, 5) is 5.18. The van der Waals surface area contributed by atoms with Crippen molar-refractivity contribution in [2.45, 2.75) is 44.7 Å². The minimum Gasteiger partial charge on any atom is -0.302 e. The van der Waals surface area contributed by atoms with Gasteiger partial charge in [-0.15, -0.1) is 0 Å². The monoisotopic (exact) mass is 264 g/mol. The second-order valence-electron chi connectivity index (χ2n) is 6.57. The van der Waals surface area contributed by atoms with Crippen molar-refractivity contribution < 1.29 is 0 Å². The highest BCUT2D eigenvalue weighted by atomic mass is 15.3. The molecule has 2 unspecified atom stereocenters. The van der Waals surface area contributed by atoms with E-state index in [0.717, 1.165) is 18.8 Å². The van der Waals surface area contributed by atoms with E-state index in [9.17, 15) is 5.26 Å². The fourth-order valence-corrected chi connectivity index (χ4v) is 3.54. The standard InChI is InChI=1S/C15H28N4/c1-13(2)11-18-6-8-19(9-7-18)14-4-5-15(10-14,12-16)17-3/h13-14,17H,4-11H2,1-3H3. The van der Waals surface area contributed by atoms with E-state index in [1.54, 1.807) is 0 Å². The first-order valence-corrected chi connectivity index (χ1v) is 7.65. The van der Waals surface area contributed by atoms with Crippen LogP contribution in [-0.4, -0.2) is 61.2 Å². The normalized spacial score (nSPS) is 33.7. The molecule has 4 nitrogen and oxygen atoms in total. The molecule has 1 saturated heterocycles. The zero-order valence-electron chi connectivity index (χ0n) is 12.7. The van der Waals surface area contributed by atoms with E-state index in [-0.39, 0.29) is 5.54 Å². The van der Waals surface area contributed by atoms with Crippen LogP contribution >= 0.6 is 0 Å². The Morgan fingerprint density at radius 1 is 1.32 bits per heavy atom. The van der Waals surface area contributed by atoms with Gasteiger partial charge in [-0.1, -0.05) is 13.8 Å². The van der Waals surface area contributed by atoms with Crippen LogP contribution in [0.2, 0.25) is 0 Å². The smallest absolute Gasteiger partial charge is 0.108 e. The maximum atomic E-state index is 9.33. The van der Waals surface area contributed by atoms with Crippen molar-refractivity contribution >= 4 is 0 Å². The summed E-state index contributed by atoms with van der Waals surface area (Å²) in [6, 6.07) is 3.09. The summed E-state index contributed by atoms with van der Waals surface area (Å²) in [5, 5.41) is 12.6. The average Bonchev–Trinajstić information content (AvgIpc) is 2.84. The molecule has 2 atom stereocenters. The Labute approximate surface area is 117 Å². The highest BCUT2D eigenvalue weighted by Crippen LogP contribution is 2.32. The van der Waals surface area contributed by atoms with Gasteiger partial charge in [-0.05, 0) is 32.2 Å². The molecule has 1 aliphatic heterocycles. The summed E-state index contributed by atoms with van der Waals surface area (Å²) in [5.41, 5.74) is -0.264. The van der Waals surface area contributed by atoms with E-state index < -0.39 is 0 Å². The van der Waals surface area contributed by atoms with Crippen LogP contribution < -0.4 is 5.32 Å². The van der Waals surface area contributed by atoms with Crippen LogP contribution in [0.1, 0.15) is 33.1 Å². The van der Waals surface area contributed by atoms with Gasteiger partial charge < -0.3 is 10.2 Å². The molecule has 1 aliphatic carbocycles. The number of nitrogens with zero attached hydrogens (tertiary/aromatic N) is 3. The Balaban J connectivity index is 1.82. The Bertz CT molecular complexity index is 328. The molecule has 19 heavy (non-hydrogen) atoms. The average molecular weight is 264 g/mol. The summed E-state index contributed by atoms with van der Waals surface area (Å²) < 4.78 is 0. The lowest BCUT2D eigenvalue weighted by atomic mass is 9.99. The van der Waals surface area contributed by atoms with E-state index >= 15 is 0 Å². The van der Waals surface area contributed by atoms with Crippen LogP contribution in [-0.2, 0) is 0 Å². The number of nitrogens with one attached hydrogen (secondary N) is 1. The third kappa shape index (κ3) is 3.47. The molecule has 2 rings (SSSR count). The molecule has 108 valence electrons. The van der Waals surface area contributed by atoms with Crippen LogP contribution in [0.5, 0.6) is 0 Å². The summed E-state index contributed by atoms with van der Waals surface area (Å²) in [6.07, 6.45) is 3.15. The first-order chi connectivity index (χ1) is 9.08. The molecule has 1 N–H and O–H groups in total. The van der Waals surface area contributed by atoms with Gasteiger partial charge in [0.25, 0.3) is 0 Å². The first kappa shape index (κ1) is 14.8. The molecule has 0 bridgehead atoms. The topological polar surface area (TPSA) is 42.3 Å². The maximum absolute atomic E-state index is 9.33. The first-order valence-electron chi connectivity index (χ1n) is 7.65. The summed E-state index contributed by atoms with van der Waals surface area (Å²) in [6.45, 7) is 10.5. The van der Waals surface area contributed by atoms with Crippen molar-refractivity contribution in [1.29, 1.82) is 5.26 Å². The van der Waals surface area contributed by atoms with Gasteiger partial charge in [0.2, 0.25) is 0 Å². The van der Waals surface area contributed by atoms with E-state index in [2.05, 4.69) is 35.0 Å². The fourth-order valence-electron chi connectivity index (χ4n) is 3.54. The van der Waals surface area contributed by atoms with Crippen molar-refractivity contribution in [2.24, 2.45) is 5.92 Å². The van der Waals surface area contributed by atoms with Crippen LogP contribution in [0.25, 0.3) is 0 Å². The maximum Gasteiger partial charge on any atom is 0.108 e. The van der Waals surface area contributed by atoms with Crippen molar-refractivity contribution in [3.63, 3.8) is 0 Å². The third-order valence-corrected chi connectivity index (χ3v) is 4.73. The SMILES string of the molecule is CNC1(C#N)CCC(N2CCN(CC(C)C)CC2)C1. The Morgan fingerprint density at radius 3 is 2.47 bits per heavy atom. The van der Waals surface area contributed by atoms with Gasteiger partial charge >= 0.3 is 0 Å². The highest BCUT2D eigenvalue weighted by Gasteiger charge is 2.40. The second kappa shape index (κ2) is 6.21. The number of nitriles is 1. The summed E-state index contributed by atoms with van der Waals surface area (Å²) >= 11 is 0. The second-order valence-corrected chi connectivity index (χ2v) is 6.57. The summed E-state index contributed by atoms with van der Waals surface area (Å²) in [7, 11) is 1.92. The molecule has 0 amide bonds. The minimum atomic E-state index is -0.264. The Hall–Kier alpha value is -0.630. The van der Waals surface area contributed by atoms with Crippen LogP contribution in [0.3, 0.4) is 0 Å². The quantitative estimate of drug-likeness (QED) is 0.831. The fraction of sp³-hybridized carbons (Fsp3) is 0.933. The van der Waals surface area contributed by atoms with Crippen molar-refractivity contribution in [1.82, 2.24) is 15.1 Å². The Kier molecular flexibility index (Phi) is 4.83. The zero-order valence-corrected chi connectivity index (χ0v) is 12.7. The number of piperazine rings is 1. The van der Waals surface area contributed by atoms with Crippen LogP contribution in [0.4, 0.5) is 0 Å². The van der Waals surface area contributed by atoms with Gasteiger partial charge in [-0.2, -0.15) is 5.26 Å². The number of rotatable bonds is 4. The van der Waals surface area contributed by atoms with Gasteiger partial charge in [0.05, 0.1) is 6.07 Å². The molecular weight excluding hydrogens is 236 g/mol. The predicted molar refractivity (Wildman–Crippen MR) is 77.9 cm³/mol. The molecule has 0 aromatic rings. The van der Waals surface area contributed by atoms with Gasteiger partial charge in [0, 0.05) is 38.8 Å². The molecule has 1 heterocycles. The lowest BCUT2D eigenvalue weighted by Gasteiger charge is -2.39. The lowest BCUT2D eigenvalue weighted by molar-refractivity contribution is 0.0889. The van der Waals surface area contributed by atoms with Crippen molar-refractivity contribution in [3.8, 4) is 6.07 Å². The zero-order chi connectivity index (χ0) is 13.9. The van der Waals surface area contributed by atoms with Gasteiger partial charge in [-0.3, -0.25) is 4.90 Å². The minimum absolute atomic E-state index is 0.264. The van der Waals surface area contributed by atoms with E-state index in [4.69, 9.17) is 0 Å². The molecule has 0 radical (unpaired) electrons. The molecule has 2 fully saturated rings. The van der Waals surface area contributed by atoms with E-state index in [0.29, 0.717) is 6.04 Å². The molecule has 1 saturated carbocycles. The van der Waals surface area contributed by atoms with Gasteiger partial charge in [0.1, 0.15) is 5.54 Å². The van der Waals surface area contributed by atoms with E-state index in [1.807, 2.05) is 7.05 Å². The van der Waals surface area contributed by atoms with Crippen molar-refractivity contribution in [3.05, 3.63) is 0 Å². The molecular formula is C15H28N4.